The van der Waals surface area contributed by atoms with Crippen LogP contribution in [0, 0.1) is 6.92 Å². The summed E-state index contributed by atoms with van der Waals surface area (Å²) < 4.78 is 5.61. The number of hydrogen-bond donors (Lipinski definition) is 2. The topological polar surface area (TPSA) is 64.3 Å². The molecule has 4 nitrogen and oxygen atoms in total. The van der Waals surface area contributed by atoms with E-state index in [4.69, 9.17) is 10.5 Å². The lowest BCUT2D eigenvalue weighted by Crippen LogP contribution is -2.24. The number of hydrogen-bond acceptors (Lipinski definition) is 3. The van der Waals surface area contributed by atoms with Crippen molar-refractivity contribution in [2.75, 3.05) is 13.2 Å². The summed E-state index contributed by atoms with van der Waals surface area (Å²) in [5.74, 6) is 0.377. The molecular formula is C14H22N2O2. The molecule has 1 aromatic rings. The number of primary amides is 1. The average molecular weight is 250 g/mol. The van der Waals surface area contributed by atoms with Gasteiger partial charge in [0.1, 0.15) is 5.75 Å². The summed E-state index contributed by atoms with van der Waals surface area (Å²) in [7, 11) is 0. The number of amides is 1. The first-order valence-electron chi connectivity index (χ1n) is 6.27. The maximum atomic E-state index is 11.1. The summed E-state index contributed by atoms with van der Waals surface area (Å²) in [6.45, 7) is 7.69. The molecule has 18 heavy (non-hydrogen) atoms. The van der Waals surface area contributed by atoms with Crippen LogP contribution in [0.1, 0.15) is 36.2 Å². The third-order valence-corrected chi connectivity index (χ3v) is 2.61. The first-order valence-corrected chi connectivity index (χ1v) is 6.27. The molecule has 100 valence electrons. The largest absolute Gasteiger partial charge is 0.494 e. The molecule has 0 spiro atoms. The van der Waals surface area contributed by atoms with Gasteiger partial charge in [0.25, 0.3) is 0 Å². The number of ether oxygens (including phenoxy) is 1. The van der Waals surface area contributed by atoms with E-state index < -0.39 is 5.91 Å². The SMILES string of the molecule is Cc1cc(OCCCNC(C)C)ccc1C(N)=O. The van der Waals surface area contributed by atoms with Crippen LogP contribution in [0.3, 0.4) is 0 Å². The highest BCUT2D eigenvalue weighted by atomic mass is 16.5. The van der Waals surface area contributed by atoms with Crippen LogP contribution in [0.25, 0.3) is 0 Å². The van der Waals surface area contributed by atoms with E-state index >= 15 is 0 Å². The maximum Gasteiger partial charge on any atom is 0.248 e. The van der Waals surface area contributed by atoms with Crippen LogP contribution in [-0.4, -0.2) is 25.1 Å². The molecule has 0 bridgehead atoms. The van der Waals surface area contributed by atoms with E-state index in [-0.39, 0.29) is 0 Å². The molecular weight excluding hydrogens is 228 g/mol. The first-order chi connectivity index (χ1) is 8.50. The summed E-state index contributed by atoms with van der Waals surface area (Å²) >= 11 is 0. The standard InChI is InChI=1S/C14H22N2O2/c1-10(2)16-7-4-8-18-12-5-6-13(14(15)17)11(3)9-12/h5-6,9-10,16H,4,7-8H2,1-3H3,(H2,15,17). The van der Waals surface area contributed by atoms with Gasteiger partial charge in [-0.05, 0) is 43.7 Å². The lowest BCUT2D eigenvalue weighted by molar-refractivity contribution is 0.0999. The van der Waals surface area contributed by atoms with Crippen molar-refractivity contribution in [1.82, 2.24) is 5.32 Å². The number of carbonyl (C=O) groups excluding carboxylic acids is 1. The molecule has 0 aliphatic rings. The van der Waals surface area contributed by atoms with Crippen molar-refractivity contribution in [2.24, 2.45) is 5.73 Å². The van der Waals surface area contributed by atoms with Crippen LogP contribution in [0.4, 0.5) is 0 Å². The summed E-state index contributed by atoms with van der Waals surface area (Å²) in [6, 6.07) is 5.83. The quantitative estimate of drug-likeness (QED) is 0.726. The van der Waals surface area contributed by atoms with Gasteiger partial charge in [0.2, 0.25) is 5.91 Å². The van der Waals surface area contributed by atoms with Crippen LogP contribution in [-0.2, 0) is 0 Å². The summed E-state index contributed by atoms with van der Waals surface area (Å²) in [5.41, 5.74) is 6.64. The second-order valence-corrected chi connectivity index (χ2v) is 4.65. The van der Waals surface area contributed by atoms with Gasteiger partial charge in [0.15, 0.2) is 0 Å². The Morgan fingerprint density at radius 2 is 2.17 bits per heavy atom. The second-order valence-electron chi connectivity index (χ2n) is 4.65. The van der Waals surface area contributed by atoms with E-state index in [9.17, 15) is 4.79 Å². The Kier molecular flexibility index (Phi) is 5.65. The molecule has 1 amide bonds. The Morgan fingerprint density at radius 1 is 1.44 bits per heavy atom. The van der Waals surface area contributed by atoms with Crippen LogP contribution >= 0.6 is 0 Å². The fraction of sp³-hybridized carbons (Fsp3) is 0.500. The van der Waals surface area contributed by atoms with Crippen LogP contribution in [0.5, 0.6) is 5.75 Å². The number of nitrogens with one attached hydrogen (secondary N) is 1. The molecule has 0 saturated carbocycles. The molecule has 0 radical (unpaired) electrons. The van der Waals surface area contributed by atoms with Gasteiger partial charge in [0.05, 0.1) is 6.61 Å². The fourth-order valence-corrected chi connectivity index (χ4v) is 1.66. The molecule has 0 saturated heterocycles. The van der Waals surface area contributed by atoms with E-state index in [2.05, 4.69) is 19.2 Å². The van der Waals surface area contributed by atoms with E-state index in [0.29, 0.717) is 18.2 Å². The van der Waals surface area contributed by atoms with Gasteiger partial charge < -0.3 is 15.8 Å². The predicted molar refractivity (Wildman–Crippen MR) is 72.9 cm³/mol. The Bertz CT molecular complexity index is 403. The molecule has 0 unspecified atom stereocenters. The molecule has 1 aromatic carbocycles. The molecule has 1 rings (SSSR count). The Balaban J connectivity index is 2.39. The minimum atomic E-state index is -0.403. The molecule has 0 aliphatic heterocycles. The molecule has 0 aromatic heterocycles. The highest BCUT2D eigenvalue weighted by molar-refractivity contribution is 5.94. The van der Waals surface area contributed by atoms with Crippen LogP contribution in [0.2, 0.25) is 0 Å². The monoisotopic (exact) mass is 250 g/mol. The zero-order chi connectivity index (χ0) is 13.5. The second kappa shape index (κ2) is 7.01. The van der Waals surface area contributed by atoms with Crippen molar-refractivity contribution >= 4 is 5.91 Å². The molecule has 0 fully saturated rings. The highest BCUT2D eigenvalue weighted by Gasteiger charge is 2.05. The number of carbonyl (C=O) groups is 1. The van der Waals surface area contributed by atoms with E-state index in [1.165, 1.54) is 0 Å². The predicted octanol–water partition coefficient (Wildman–Crippen LogP) is 1.86. The van der Waals surface area contributed by atoms with Crippen LogP contribution < -0.4 is 15.8 Å². The third-order valence-electron chi connectivity index (χ3n) is 2.61. The smallest absolute Gasteiger partial charge is 0.248 e. The number of rotatable bonds is 7. The van der Waals surface area contributed by atoms with Gasteiger partial charge in [-0.2, -0.15) is 0 Å². The highest BCUT2D eigenvalue weighted by Crippen LogP contribution is 2.16. The van der Waals surface area contributed by atoms with E-state index in [1.807, 2.05) is 13.0 Å². The van der Waals surface area contributed by atoms with Crippen LogP contribution in [0.15, 0.2) is 18.2 Å². The zero-order valence-electron chi connectivity index (χ0n) is 11.3. The van der Waals surface area contributed by atoms with Gasteiger partial charge in [-0.1, -0.05) is 13.8 Å². The first kappa shape index (κ1) is 14.5. The number of nitrogens with two attached hydrogens (primary N) is 1. The van der Waals surface area contributed by atoms with Crippen molar-refractivity contribution in [1.29, 1.82) is 0 Å². The Hall–Kier alpha value is -1.55. The lowest BCUT2D eigenvalue weighted by Gasteiger charge is -2.10. The summed E-state index contributed by atoms with van der Waals surface area (Å²) in [4.78, 5) is 11.1. The Labute approximate surface area is 109 Å². The number of aryl methyl sites for hydroxylation is 1. The van der Waals surface area contributed by atoms with Gasteiger partial charge in [-0.3, -0.25) is 4.79 Å². The van der Waals surface area contributed by atoms with Crippen molar-refractivity contribution in [3.05, 3.63) is 29.3 Å². The van der Waals surface area contributed by atoms with Gasteiger partial charge in [0, 0.05) is 11.6 Å². The average Bonchev–Trinajstić information content (AvgIpc) is 2.27. The third kappa shape index (κ3) is 4.75. The normalized spacial score (nSPS) is 10.7. The lowest BCUT2D eigenvalue weighted by atomic mass is 10.1. The molecule has 4 heteroatoms. The zero-order valence-corrected chi connectivity index (χ0v) is 11.3. The van der Waals surface area contributed by atoms with E-state index in [1.54, 1.807) is 12.1 Å². The molecule has 0 heterocycles. The molecule has 0 aliphatic carbocycles. The van der Waals surface area contributed by atoms with Crippen molar-refractivity contribution in [3.8, 4) is 5.75 Å². The van der Waals surface area contributed by atoms with Crippen molar-refractivity contribution in [3.63, 3.8) is 0 Å². The number of benzene rings is 1. The van der Waals surface area contributed by atoms with Gasteiger partial charge in [-0.25, -0.2) is 0 Å². The fourth-order valence-electron chi connectivity index (χ4n) is 1.66. The molecule has 3 N–H and O–H groups in total. The van der Waals surface area contributed by atoms with Crippen molar-refractivity contribution < 1.29 is 9.53 Å². The summed E-state index contributed by atoms with van der Waals surface area (Å²) in [6.07, 6.45) is 0.953. The minimum absolute atomic E-state index is 0.403. The van der Waals surface area contributed by atoms with Crippen molar-refractivity contribution in [2.45, 2.75) is 33.2 Å². The van der Waals surface area contributed by atoms with Gasteiger partial charge >= 0.3 is 0 Å². The molecule has 0 atom stereocenters. The summed E-state index contributed by atoms with van der Waals surface area (Å²) in [5, 5.41) is 3.33. The maximum absolute atomic E-state index is 11.1. The Morgan fingerprint density at radius 3 is 2.72 bits per heavy atom. The van der Waals surface area contributed by atoms with Gasteiger partial charge in [-0.15, -0.1) is 0 Å². The minimum Gasteiger partial charge on any atom is -0.494 e. The van der Waals surface area contributed by atoms with E-state index in [0.717, 1.165) is 24.3 Å².